The van der Waals surface area contributed by atoms with Gasteiger partial charge in [0.05, 0.1) is 6.42 Å². The number of alkyl halides is 3. The normalized spacial score (nSPS) is 14.8. The summed E-state index contributed by atoms with van der Waals surface area (Å²) in [7, 11) is -5.97. The van der Waals surface area contributed by atoms with Gasteiger partial charge in [-0.25, -0.2) is 0 Å². The number of piperidine rings is 1. The summed E-state index contributed by atoms with van der Waals surface area (Å²) < 4.78 is 78.4. The number of likely N-dealkylation sites (tertiary alicyclic amines) is 1. The van der Waals surface area contributed by atoms with Gasteiger partial charge in [0.15, 0.2) is 11.5 Å². The minimum Gasteiger partial charge on any atom is -0.492 e. The molecule has 0 radical (unpaired) electrons. The zero-order chi connectivity index (χ0) is 27.3. The van der Waals surface area contributed by atoms with Crippen molar-refractivity contribution in [3.8, 4) is 23.0 Å². The molecule has 3 aromatic rings. The molecule has 0 spiro atoms. The highest BCUT2D eigenvalue weighted by Crippen LogP contribution is 2.41. The molecule has 0 aromatic heterocycles. The van der Waals surface area contributed by atoms with Crippen LogP contribution in [0.25, 0.3) is 10.8 Å². The second kappa shape index (κ2) is 11.5. The van der Waals surface area contributed by atoms with Crippen molar-refractivity contribution in [1.82, 2.24) is 4.90 Å². The number of aliphatic carboxylic acids is 1. The number of nitrogens with zero attached hydrogens (tertiary/aromatic N) is 1. The highest BCUT2D eigenvalue weighted by molar-refractivity contribution is 7.88. The van der Waals surface area contributed by atoms with E-state index in [1.165, 1.54) is 55.7 Å². The Morgan fingerprint density at radius 1 is 0.947 bits per heavy atom. The molecule has 1 heterocycles. The van der Waals surface area contributed by atoms with E-state index in [0.717, 1.165) is 25.7 Å². The first-order valence-electron chi connectivity index (χ1n) is 11.9. The molecule has 8 nitrogen and oxygen atoms in total. The lowest BCUT2D eigenvalue weighted by molar-refractivity contribution is -0.136. The number of ether oxygens (including phenoxy) is 2. The van der Waals surface area contributed by atoms with E-state index in [2.05, 4.69) is 9.08 Å². The highest BCUT2D eigenvalue weighted by Gasteiger charge is 2.49. The maximum Gasteiger partial charge on any atom is 0.534 e. The molecule has 0 unspecified atom stereocenters. The van der Waals surface area contributed by atoms with E-state index in [4.69, 9.17) is 14.6 Å². The summed E-state index contributed by atoms with van der Waals surface area (Å²) >= 11 is 0. The molecule has 12 heteroatoms. The Bertz CT molecular complexity index is 1390. The van der Waals surface area contributed by atoms with Gasteiger partial charge in [-0.3, -0.25) is 9.69 Å². The number of rotatable bonds is 10. The fraction of sp³-hybridized carbons (Fsp3) is 0.346. The van der Waals surface area contributed by atoms with E-state index >= 15 is 0 Å². The summed E-state index contributed by atoms with van der Waals surface area (Å²) in [4.78, 5) is 13.4. The predicted octanol–water partition coefficient (Wildman–Crippen LogP) is 5.35. The smallest absolute Gasteiger partial charge is 0.492 e. The van der Waals surface area contributed by atoms with Crippen LogP contribution < -0.4 is 13.7 Å². The van der Waals surface area contributed by atoms with Gasteiger partial charge in [-0.2, -0.15) is 21.6 Å². The van der Waals surface area contributed by atoms with Crippen LogP contribution in [0.15, 0.2) is 54.6 Å². The molecule has 38 heavy (non-hydrogen) atoms. The maximum atomic E-state index is 13.0. The summed E-state index contributed by atoms with van der Waals surface area (Å²) in [6, 6.07) is 13.1. The van der Waals surface area contributed by atoms with Gasteiger partial charge in [0, 0.05) is 11.9 Å². The van der Waals surface area contributed by atoms with Crippen LogP contribution in [0, 0.1) is 0 Å². The first-order valence-corrected chi connectivity index (χ1v) is 13.3. The number of fused-ring (bicyclic) bond motifs is 1. The van der Waals surface area contributed by atoms with Crippen LogP contribution in [0.2, 0.25) is 0 Å². The fourth-order valence-electron chi connectivity index (χ4n) is 4.15. The zero-order valence-corrected chi connectivity index (χ0v) is 21.1. The van der Waals surface area contributed by atoms with E-state index < -0.39 is 27.3 Å². The van der Waals surface area contributed by atoms with Crippen molar-refractivity contribution in [2.75, 3.05) is 26.2 Å². The van der Waals surface area contributed by atoms with Crippen molar-refractivity contribution in [2.24, 2.45) is 0 Å². The number of hydrogen-bond acceptors (Lipinski definition) is 7. The Hall–Kier alpha value is -3.51. The summed E-state index contributed by atoms with van der Waals surface area (Å²) in [5.74, 6) is -1.22. The molecule has 4 rings (SSSR count). The summed E-state index contributed by atoms with van der Waals surface area (Å²) in [5, 5.41) is 9.71. The Labute approximate surface area is 217 Å². The Morgan fingerprint density at radius 3 is 2.29 bits per heavy atom. The van der Waals surface area contributed by atoms with Crippen molar-refractivity contribution in [1.29, 1.82) is 0 Å². The number of hydrogen-bond donors (Lipinski definition) is 1. The molecular weight excluding hydrogens is 527 g/mol. The van der Waals surface area contributed by atoms with Gasteiger partial charge in [0.2, 0.25) is 0 Å². The number of halogens is 3. The Kier molecular flexibility index (Phi) is 8.32. The SMILES string of the molecule is O=C(O)Cc1ccc2c(Oc3ccc(OCCN4CCCCC4)cc3)c(OS(=O)(=O)C(F)(F)F)ccc2c1. The minimum atomic E-state index is -5.97. The lowest BCUT2D eigenvalue weighted by atomic mass is 10.0. The highest BCUT2D eigenvalue weighted by atomic mass is 32.2. The van der Waals surface area contributed by atoms with E-state index in [0.29, 0.717) is 23.3 Å². The number of benzene rings is 3. The van der Waals surface area contributed by atoms with Gasteiger partial charge in [-0.15, -0.1) is 0 Å². The van der Waals surface area contributed by atoms with Gasteiger partial charge in [-0.1, -0.05) is 30.7 Å². The maximum absolute atomic E-state index is 13.0. The lowest BCUT2D eigenvalue weighted by Crippen LogP contribution is -2.33. The third-order valence-electron chi connectivity index (χ3n) is 6.01. The second-order valence-corrected chi connectivity index (χ2v) is 10.4. The van der Waals surface area contributed by atoms with Crippen LogP contribution in [0.3, 0.4) is 0 Å². The van der Waals surface area contributed by atoms with E-state index in [-0.39, 0.29) is 23.3 Å². The molecule has 0 saturated carbocycles. The van der Waals surface area contributed by atoms with Crippen molar-refractivity contribution >= 4 is 26.9 Å². The monoisotopic (exact) mass is 553 g/mol. The molecule has 0 bridgehead atoms. The molecule has 1 N–H and O–H groups in total. The minimum absolute atomic E-state index is 0.199. The molecular formula is C26H26F3NO7S. The van der Waals surface area contributed by atoms with Gasteiger partial charge >= 0.3 is 21.6 Å². The van der Waals surface area contributed by atoms with Crippen molar-refractivity contribution in [2.45, 2.75) is 31.2 Å². The molecule has 1 aliphatic rings. The molecule has 0 amide bonds. The zero-order valence-electron chi connectivity index (χ0n) is 20.2. The number of carboxylic acids is 1. The second-order valence-electron chi connectivity index (χ2n) is 8.83. The van der Waals surface area contributed by atoms with Crippen LogP contribution in [-0.4, -0.2) is 56.1 Å². The average molecular weight is 554 g/mol. The van der Waals surface area contributed by atoms with Crippen molar-refractivity contribution in [3.63, 3.8) is 0 Å². The topological polar surface area (TPSA) is 102 Å². The van der Waals surface area contributed by atoms with Gasteiger partial charge in [0.1, 0.15) is 18.1 Å². The quantitative estimate of drug-likeness (QED) is 0.265. The molecule has 1 fully saturated rings. The summed E-state index contributed by atoms with van der Waals surface area (Å²) in [5.41, 5.74) is -5.20. The Balaban J connectivity index is 1.57. The van der Waals surface area contributed by atoms with E-state index in [1.54, 1.807) is 12.1 Å². The standard InChI is InChI=1S/C26H26F3NO7S/c27-26(28,29)38(33,34)37-23-11-5-19-16-18(17-24(31)32)4-10-22(19)25(23)36-21-8-6-20(7-9-21)35-15-14-30-12-2-1-3-13-30/h4-11,16H,1-3,12-15,17H2,(H,31,32). The van der Waals surface area contributed by atoms with Crippen molar-refractivity contribution in [3.05, 3.63) is 60.2 Å². The molecule has 1 aliphatic heterocycles. The number of carbonyl (C=O) groups is 1. The van der Waals surface area contributed by atoms with Crippen LogP contribution in [0.1, 0.15) is 24.8 Å². The number of carboxylic acid groups (broad SMARTS) is 1. The van der Waals surface area contributed by atoms with Crippen LogP contribution in [0.5, 0.6) is 23.0 Å². The molecule has 0 aliphatic carbocycles. The van der Waals surface area contributed by atoms with E-state index in [1.807, 2.05) is 0 Å². The van der Waals surface area contributed by atoms with E-state index in [9.17, 15) is 26.4 Å². The van der Waals surface area contributed by atoms with Gasteiger partial charge < -0.3 is 18.8 Å². The van der Waals surface area contributed by atoms with Crippen LogP contribution >= 0.6 is 0 Å². The average Bonchev–Trinajstić information content (AvgIpc) is 2.86. The summed E-state index contributed by atoms with van der Waals surface area (Å²) in [6.07, 6.45) is 3.33. The first kappa shape index (κ1) is 27.5. The molecule has 1 saturated heterocycles. The fourth-order valence-corrected chi connectivity index (χ4v) is 4.61. The Morgan fingerprint density at radius 2 is 1.63 bits per heavy atom. The predicted molar refractivity (Wildman–Crippen MR) is 133 cm³/mol. The third kappa shape index (κ3) is 6.87. The van der Waals surface area contributed by atoms with Crippen molar-refractivity contribution < 1.29 is 45.1 Å². The van der Waals surface area contributed by atoms with Crippen LogP contribution in [-0.2, 0) is 21.3 Å². The molecule has 0 atom stereocenters. The van der Waals surface area contributed by atoms with Gasteiger partial charge in [0.25, 0.3) is 0 Å². The lowest BCUT2D eigenvalue weighted by Gasteiger charge is -2.26. The molecule has 204 valence electrons. The van der Waals surface area contributed by atoms with Gasteiger partial charge in [-0.05, 0) is 67.2 Å². The first-order chi connectivity index (χ1) is 18.0. The summed E-state index contributed by atoms with van der Waals surface area (Å²) in [6.45, 7) is 3.39. The van der Waals surface area contributed by atoms with Crippen LogP contribution in [0.4, 0.5) is 13.2 Å². The largest absolute Gasteiger partial charge is 0.534 e. The third-order valence-corrected chi connectivity index (χ3v) is 6.97. The molecule has 3 aromatic carbocycles.